The third kappa shape index (κ3) is 2.43. The summed E-state index contributed by atoms with van der Waals surface area (Å²) in [5, 5.41) is 55.5. The van der Waals surface area contributed by atoms with E-state index in [2.05, 4.69) is 0 Å². The molecule has 4 fully saturated rings. The molecule has 31 heavy (non-hydrogen) atoms. The lowest BCUT2D eigenvalue weighted by Crippen LogP contribution is -2.74. The van der Waals surface area contributed by atoms with E-state index >= 15 is 0 Å². The van der Waals surface area contributed by atoms with Crippen LogP contribution in [0.1, 0.15) is 52.4 Å². The summed E-state index contributed by atoms with van der Waals surface area (Å²) in [7, 11) is 0. The van der Waals surface area contributed by atoms with E-state index < -0.39 is 69.9 Å². The van der Waals surface area contributed by atoms with Crippen LogP contribution < -0.4 is 0 Å². The number of fused-ring (bicyclic) bond motifs is 5. The van der Waals surface area contributed by atoms with Gasteiger partial charge in [0.15, 0.2) is 5.78 Å². The van der Waals surface area contributed by atoms with E-state index in [1.54, 1.807) is 13.8 Å². The number of cyclic esters (lactones) is 1. The maximum atomic E-state index is 13.7. The number of Topliss-reactive ketones (excluding diaryl/α,β-unsaturated/α-hetero) is 1. The van der Waals surface area contributed by atoms with Crippen LogP contribution in [-0.2, 0) is 14.3 Å². The Balaban J connectivity index is 1.59. The molecule has 4 aliphatic carbocycles. The van der Waals surface area contributed by atoms with Gasteiger partial charge in [-0.15, -0.1) is 0 Å². The molecule has 1 heterocycles. The minimum Gasteiger partial charge on any atom is -0.458 e. The van der Waals surface area contributed by atoms with Crippen molar-refractivity contribution in [3.63, 3.8) is 0 Å². The Morgan fingerprint density at radius 1 is 1.00 bits per heavy atom. The van der Waals surface area contributed by atoms with Crippen molar-refractivity contribution in [1.29, 1.82) is 0 Å². The molecule has 0 amide bonds. The van der Waals surface area contributed by atoms with E-state index in [0.29, 0.717) is 31.3 Å². The molecule has 8 nitrogen and oxygen atoms in total. The topological polar surface area (TPSA) is 145 Å². The number of ether oxygens (including phenoxy) is 1. The summed E-state index contributed by atoms with van der Waals surface area (Å²) in [6.07, 6.45) is -0.599. The van der Waals surface area contributed by atoms with Gasteiger partial charge in [0.2, 0.25) is 0 Å². The Morgan fingerprint density at radius 3 is 2.32 bits per heavy atom. The van der Waals surface area contributed by atoms with E-state index in [-0.39, 0.29) is 19.4 Å². The van der Waals surface area contributed by atoms with Crippen molar-refractivity contribution in [2.24, 2.45) is 28.6 Å². The van der Waals surface area contributed by atoms with Gasteiger partial charge in [-0.05, 0) is 56.4 Å². The summed E-state index contributed by atoms with van der Waals surface area (Å²) in [4.78, 5) is 25.4. The Morgan fingerprint density at radius 2 is 1.68 bits per heavy atom. The van der Waals surface area contributed by atoms with Crippen molar-refractivity contribution in [1.82, 2.24) is 0 Å². The van der Waals surface area contributed by atoms with Crippen molar-refractivity contribution in [3.8, 4) is 0 Å². The fraction of sp³-hybridized carbons (Fsp3) is 0.826. The van der Waals surface area contributed by atoms with Crippen molar-refractivity contribution in [2.75, 3.05) is 6.61 Å². The number of aliphatic hydroxyl groups excluding tert-OH is 3. The van der Waals surface area contributed by atoms with Gasteiger partial charge >= 0.3 is 5.97 Å². The first kappa shape index (κ1) is 21.5. The molecule has 5 rings (SSSR count). The van der Waals surface area contributed by atoms with Crippen molar-refractivity contribution < 1.29 is 39.9 Å². The Bertz CT molecular complexity index is 870. The van der Waals surface area contributed by atoms with Crippen LogP contribution in [0.15, 0.2) is 11.6 Å². The predicted octanol–water partition coefficient (Wildman–Crippen LogP) is -0.160. The van der Waals surface area contributed by atoms with Gasteiger partial charge in [0, 0.05) is 23.8 Å². The van der Waals surface area contributed by atoms with Crippen LogP contribution in [0.25, 0.3) is 0 Å². The molecule has 172 valence electrons. The van der Waals surface area contributed by atoms with Crippen LogP contribution in [0.3, 0.4) is 0 Å². The fourth-order valence-electron chi connectivity index (χ4n) is 8.22. The molecule has 0 unspecified atom stereocenters. The summed E-state index contributed by atoms with van der Waals surface area (Å²) >= 11 is 0. The van der Waals surface area contributed by atoms with Crippen LogP contribution in [0.2, 0.25) is 0 Å². The van der Waals surface area contributed by atoms with Crippen LogP contribution in [0.5, 0.6) is 0 Å². The fourth-order valence-corrected chi connectivity index (χ4v) is 8.22. The van der Waals surface area contributed by atoms with Crippen LogP contribution in [0.4, 0.5) is 0 Å². The van der Waals surface area contributed by atoms with Gasteiger partial charge in [-0.3, -0.25) is 4.79 Å². The van der Waals surface area contributed by atoms with E-state index in [0.717, 1.165) is 0 Å². The zero-order valence-electron chi connectivity index (χ0n) is 18.0. The van der Waals surface area contributed by atoms with Gasteiger partial charge < -0.3 is 30.3 Å². The van der Waals surface area contributed by atoms with Crippen LogP contribution in [0, 0.1) is 28.6 Å². The Kier molecular flexibility index (Phi) is 4.43. The summed E-state index contributed by atoms with van der Waals surface area (Å²) in [5.41, 5.74) is -4.38. The highest BCUT2D eigenvalue weighted by Crippen LogP contribution is 2.69. The largest absolute Gasteiger partial charge is 0.458 e. The smallest absolute Gasteiger partial charge is 0.331 e. The average Bonchev–Trinajstić information content (AvgIpc) is 3.23. The molecule has 5 N–H and O–H groups in total. The molecule has 0 radical (unpaired) electrons. The first-order valence-electron chi connectivity index (χ1n) is 11.3. The highest BCUT2D eigenvalue weighted by atomic mass is 16.5. The minimum atomic E-state index is -1.42. The molecule has 8 heteroatoms. The predicted molar refractivity (Wildman–Crippen MR) is 106 cm³/mol. The second-order valence-corrected chi connectivity index (χ2v) is 11.0. The zero-order chi connectivity index (χ0) is 22.6. The first-order chi connectivity index (χ1) is 14.4. The Labute approximate surface area is 180 Å². The molecule has 0 aromatic carbocycles. The second-order valence-electron chi connectivity index (χ2n) is 11.0. The molecule has 10 atom stereocenters. The number of aliphatic hydroxyl groups is 5. The number of hydrogen-bond acceptors (Lipinski definition) is 8. The highest BCUT2D eigenvalue weighted by molar-refractivity contribution is 5.93. The standard InChI is InChI=1S/C23H32O8/c1-20-8-14(24)15(25)9-22(20,29)5-3-13-17(20)18(27)19(28)21(2)12(4-6-23(13,21)30)11-7-16(26)31-10-11/h7,12-15,17-18,24-25,27,29-30H,3-6,8-10H2,1-2H3/t12-,13-,14-,15-,17-,18+,20-,21+,22+,23+/m1/s1. The molecule has 0 bridgehead atoms. The summed E-state index contributed by atoms with van der Waals surface area (Å²) in [5.74, 6) is -2.54. The van der Waals surface area contributed by atoms with Crippen LogP contribution >= 0.6 is 0 Å². The number of ketones is 1. The quantitative estimate of drug-likeness (QED) is 0.357. The molecule has 4 saturated carbocycles. The van der Waals surface area contributed by atoms with E-state index in [1.165, 1.54) is 6.08 Å². The molecule has 0 aromatic rings. The summed E-state index contributed by atoms with van der Waals surface area (Å²) < 4.78 is 5.05. The van der Waals surface area contributed by atoms with Gasteiger partial charge in [0.25, 0.3) is 0 Å². The van der Waals surface area contributed by atoms with E-state index in [9.17, 15) is 35.1 Å². The second kappa shape index (κ2) is 6.38. The normalized spacial score (nSPS) is 56.4. The molecule has 0 aromatic heterocycles. The minimum absolute atomic E-state index is 0.0283. The van der Waals surface area contributed by atoms with Gasteiger partial charge in [-0.2, -0.15) is 0 Å². The molecule has 0 saturated heterocycles. The average molecular weight is 437 g/mol. The van der Waals surface area contributed by atoms with Crippen molar-refractivity contribution >= 4 is 11.8 Å². The monoisotopic (exact) mass is 436 g/mol. The third-order valence-electron chi connectivity index (χ3n) is 10.0. The number of esters is 1. The van der Waals surface area contributed by atoms with Crippen LogP contribution in [-0.4, -0.2) is 73.4 Å². The number of hydrogen-bond donors (Lipinski definition) is 5. The Hall–Kier alpha value is -1.32. The lowest BCUT2D eigenvalue weighted by atomic mass is 9.40. The molecule has 1 aliphatic heterocycles. The van der Waals surface area contributed by atoms with Gasteiger partial charge in [0.1, 0.15) is 12.7 Å². The molecule has 5 aliphatic rings. The molecular weight excluding hydrogens is 404 g/mol. The van der Waals surface area contributed by atoms with E-state index in [1.807, 2.05) is 0 Å². The lowest BCUT2D eigenvalue weighted by molar-refractivity contribution is -0.277. The van der Waals surface area contributed by atoms with Gasteiger partial charge in [-0.1, -0.05) is 6.92 Å². The number of carbonyl (C=O) groups excluding carboxylic acids is 2. The molecular formula is C23H32O8. The van der Waals surface area contributed by atoms with Gasteiger partial charge in [0.05, 0.1) is 28.8 Å². The third-order valence-corrected chi connectivity index (χ3v) is 10.0. The maximum absolute atomic E-state index is 13.7. The highest BCUT2D eigenvalue weighted by Gasteiger charge is 2.76. The van der Waals surface area contributed by atoms with Gasteiger partial charge in [-0.25, -0.2) is 4.79 Å². The zero-order valence-corrected chi connectivity index (χ0v) is 18.0. The SMILES string of the molecule is C[C@]12C[C@@H](O)[C@H](O)C[C@@]1(O)CC[C@@H]1[C@@H]2[C@H](O)C(=O)[C@]2(C)[C@@H](C3=CC(=O)OC3)CC[C@]12O. The summed E-state index contributed by atoms with van der Waals surface area (Å²) in [6, 6.07) is 0. The molecule has 0 spiro atoms. The summed E-state index contributed by atoms with van der Waals surface area (Å²) in [6.45, 7) is 3.55. The van der Waals surface area contributed by atoms with E-state index in [4.69, 9.17) is 4.74 Å². The number of carbonyl (C=O) groups is 2. The first-order valence-corrected chi connectivity index (χ1v) is 11.3. The maximum Gasteiger partial charge on any atom is 0.331 e. The number of rotatable bonds is 1. The van der Waals surface area contributed by atoms with Crippen molar-refractivity contribution in [2.45, 2.75) is 81.9 Å². The van der Waals surface area contributed by atoms with Crippen molar-refractivity contribution in [3.05, 3.63) is 11.6 Å². The lowest BCUT2D eigenvalue weighted by Gasteiger charge is -2.66.